The first kappa shape index (κ1) is 7.07. The smallest absolute Gasteiger partial charge is 0.0586 e. The van der Waals surface area contributed by atoms with Crippen LogP contribution in [0.5, 0.6) is 0 Å². The molecule has 0 amide bonds. The lowest BCUT2D eigenvalue weighted by Gasteiger charge is -2.03. The molecule has 0 aromatic carbocycles. The van der Waals surface area contributed by atoms with Crippen LogP contribution in [0, 0.1) is 0 Å². The second kappa shape index (κ2) is 4.23. The Morgan fingerprint density at radius 2 is 2.43 bits per heavy atom. The molecule has 2 N–H and O–H groups in total. The summed E-state index contributed by atoms with van der Waals surface area (Å²) >= 11 is 2.17. The van der Waals surface area contributed by atoms with Crippen molar-refractivity contribution in [1.29, 1.82) is 0 Å². The van der Waals surface area contributed by atoms with Crippen LogP contribution in [0.15, 0.2) is 12.4 Å². The maximum absolute atomic E-state index is 5.08. The molecule has 0 atom stereocenters. The molecule has 0 fully saturated rings. The van der Waals surface area contributed by atoms with Crippen LogP contribution in [0.3, 0.4) is 0 Å². The summed E-state index contributed by atoms with van der Waals surface area (Å²) in [5, 5.41) is 0. The lowest BCUT2D eigenvalue weighted by molar-refractivity contribution is 0.706. The van der Waals surface area contributed by atoms with E-state index in [0.717, 1.165) is 6.54 Å². The Balaban J connectivity index is 3.16. The zero-order valence-electron chi connectivity index (χ0n) is 4.26. The summed E-state index contributed by atoms with van der Waals surface area (Å²) in [6, 6.07) is 0. The Kier molecular flexibility index (Phi) is 4.28. The van der Waals surface area contributed by atoms with E-state index in [9.17, 15) is 0 Å². The van der Waals surface area contributed by atoms with Gasteiger partial charge in [-0.15, -0.1) is 0 Å². The maximum Gasteiger partial charge on any atom is 0.0586 e. The zero-order chi connectivity index (χ0) is 5.70. The number of rotatable bonds is 2. The monoisotopic (exact) mass is 212 g/mol. The molecule has 0 aromatic rings. The number of nitrogens with zero attached hydrogens (tertiary/aromatic N) is 1. The van der Waals surface area contributed by atoms with Crippen molar-refractivity contribution >= 4 is 22.9 Å². The second-order valence-corrected chi connectivity index (χ2v) is 2.30. The van der Waals surface area contributed by atoms with Crippen LogP contribution in [0.25, 0.3) is 0 Å². The number of hydrogen-bond acceptors (Lipinski definition) is 2. The van der Waals surface area contributed by atoms with Crippen molar-refractivity contribution in [1.82, 2.24) is 3.11 Å². The van der Waals surface area contributed by atoms with Crippen molar-refractivity contribution < 1.29 is 0 Å². The molecule has 42 valence electrons. The molecule has 0 unspecified atom stereocenters. The summed E-state index contributed by atoms with van der Waals surface area (Å²) in [6.07, 6.45) is 3.34. The molecular formula is C4H9IN2. The standard InChI is InChI=1S/C4H9IN2/c1-2-7(5)4-3-6/h3-4H,2,6H2,1H3/b4-3-. The fraction of sp³-hybridized carbons (Fsp3) is 0.500. The van der Waals surface area contributed by atoms with Gasteiger partial charge < -0.3 is 8.85 Å². The fourth-order valence-corrected chi connectivity index (χ4v) is 0.384. The third kappa shape index (κ3) is 3.91. The SMILES string of the molecule is CCN(I)/C=C\N. The quantitative estimate of drug-likeness (QED) is 0.548. The molecule has 0 aliphatic carbocycles. The van der Waals surface area contributed by atoms with E-state index in [2.05, 4.69) is 29.8 Å². The average molecular weight is 212 g/mol. The fourth-order valence-electron chi connectivity index (χ4n) is 0.199. The zero-order valence-corrected chi connectivity index (χ0v) is 6.42. The van der Waals surface area contributed by atoms with E-state index in [4.69, 9.17) is 5.73 Å². The summed E-state index contributed by atoms with van der Waals surface area (Å²) in [5.74, 6) is 0. The number of halogens is 1. The van der Waals surface area contributed by atoms with E-state index in [0.29, 0.717) is 0 Å². The number of hydrogen-bond donors (Lipinski definition) is 1. The third-order valence-corrected chi connectivity index (χ3v) is 1.55. The summed E-state index contributed by atoms with van der Waals surface area (Å²) in [5.41, 5.74) is 5.08. The van der Waals surface area contributed by atoms with Crippen LogP contribution in [-0.2, 0) is 0 Å². The first-order valence-corrected chi connectivity index (χ1v) is 3.08. The molecule has 7 heavy (non-hydrogen) atoms. The first-order valence-electron chi connectivity index (χ1n) is 2.12. The van der Waals surface area contributed by atoms with Gasteiger partial charge in [-0.05, 0) is 6.92 Å². The Labute approximate surface area is 57.9 Å². The van der Waals surface area contributed by atoms with E-state index in [1.807, 2.05) is 9.31 Å². The molecule has 0 bridgehead atoms. The van der Waals surface area contributed by atoms with Crippen molar-refractivity contribution in [3.05, 3.63) is 12.4 Å². The predicted molar refractivity (Wildman–Crippen MR) is 39.7 cm³/mol. The lowest BCUT2D eigenvalue weighted by atomic mass is 10.7. The molecule has 0 aliphatic rings. The first-order chi connectivity index (χ1) is 3.31. The maximum atomic E-state index is 5.08. The van der Waals surface area contributed by atoms with Crippen molar-refractivity contribution in [2.45, 2.75) is 6.92 Å². The van der Waals surface area contributed by atoms with Gasteiger partial charge in [0.2, 0.25) is 0 Å². The molecule has 3 heteroatoms. The highest BCUT2D eigenvalue weighted by Crippen LogP contribution is 1.95. The molecule has 0 heterocycles. The van der Waals surface area contributed by atoms with Gasteiger partial charge in [-0.25, -0.2) is 0 Å². The van der Waals surface area contributed by atoms with Crippen LogP contribution in [0.2, 0.25) is 0 Å². The van der Waals surface area contributed by atoms with Crippen LogP contribution < -0.4 is 5.73 Å². The normalized spacial score (nSPS) is 10.0. The van der Waals surface area contributed by atoms with Crippen LogP contribution >= 0.6 is 22.9 Å². The highest BCUT2D eigenvalue weighted by Gasteiger charge is 1.80. The van der Waals surface area contributed by atoms with Gasteiger partial charge in [-0.1, -0.05) is 0 Å². The Hall–Kier alpha value is 0.0700. The molecule has 0 radical (unpaired) electrons. The summed E-state index contributed by atoms with van der Waals surface area (Å²) in [7, 11) is 0. The topological polar surface area (TPSA) is 29.3 Å². The molecule has 0 saturated carbocycles. The van der Waals surface area contributed by atoms with Crippen molar-refractivity contribution in [2.75, 3.05) is 6.54 Å². The molecule has 0 aliphatic heterocycles. The van der Waals surface area contributed by atoms with E-state index in [1.165, 1.54) is 6.20 Å². The molecule has 0 saturated heterocycles. The second-order valence-electron chi connectivity index (χ2n) is 1.06. The van der Waals surface area contributed by atoms with Gasteiger partial charge in [-0.2, -0.15) is 0 Å². The molecule has 0 spiro atoms. The largest absolute Gasteiger partial charge is 0.403 e. The minimum atomic E-state index is 0.994. The van der Waals surface area contributed by atoms with E-state index >= 15 is 0 Å². The Bertz CT molecular complexity index is 62.7. The van der Waals surface area contributed by atoms with Gasteiger partial charge >= 0.3 is 0 Å². The summed E-state index contributed by atoms with van der Waals surface area (Å²) < 4.78 is 1.97. The van der Waals surface area contributed by atoms with Gasteiger partial charge in [0, 0.05) is 18.9 Å². The van der Waals surface area contributed by atoms with Crippen LogP contribution in [0.4, 0.5) is 0 Å². The molecular weight excluding hydrogens is 203 g/mol. The summed E-state index contributed by atoms with van der Waals surface area (Å²) in [4.78, 5) is 0. The molecule has 2 nitrogen and oxygen atoms in total. The third-order valence-electron chi connectivity index (χ3n) is 0.550. The van der Waals surface area contributed by atoms with Gasteiger partial charge in [-0.3, -0.25) is 0 Å². The van der Waals surface area contributed by atoms with Gasteiger partial charge in [0.05, 0.1) is 22.9 Å². The Morgan fingerprint density at radius 1 is 1.86 bits per heavy atom. The van der Waals surface area contributed by atoms with E-state index in [1.54, 1.807) is 0 Å². The lowest BCUT2D eigenvalue weighted by Crippen LogP contribution is -2.00. The molecule has 0 rings (SSSR count). The van der Waals surface area contributed by atoms with Gasteiger partial charge in [0.15, 0.2) is 0 Å². The average Bonchev–Trinajstić information content (AvgIpc) is 1.68. The van der Waals surface area contributed by atoms with Crippen molar-refractivity contribution in [3.8, 4) is 0 Å². The van der Waals surface area contributed by atoms with Crippen LogP contribution in [0.1, 0.15) is 6.92 Å². The highest BCUT2D eigenvalue weighted by atomic mass is 127. The van der Waals surface area contributed by atoms with Crippen molar-refractivity contribution in [3.63, 3.8) is 0 Å². The highest BCUT2D eigenvalue weighted by molar-refractivity contribution is 14.1. The molecule has 0 aromatic heterocycles. The van der Waals surface area contributed by atoms with Crippen molar-refractivity contribution in [2.24, 2.45) is 5.73 Å². The minimum absolute atomic E-state index is 0.994. The summed E-state index contributed by atoms with van der Waals surface area (Å²) in [6.45, 7) is 3.06. The van der Waals surface area contributed by atoms with Gasteiger partial charge in [0.25, 0.3) is 0 Å². The minimum Gasteiger partial charge on any atom is -0.403 e. The number of nitrogens with two attached hydrogens (primary N) is 1. The van der Waals surface area contributed by atoms with Gasteiger partial charge in [0.1, 0.15) is 0 Å². The van der Waals surface area contributed by atoms with E-state index in [-0.39, 0.29) is 0 Å². The predicted octanol–water partition coefficient (Wildman–Crippen LogP) is 1.09. The van der Waals surface area contributed by atoms with Crippen LogP contribution in [-0.4, -0.2) is 9.66 Å². The Morgan fingerprint density at radius 3 is 2.57 bits per heavy atom. The van der Waals surface area contributed by atoms with E-state index < -0.39 is 0 Å².